The van der Waals surface area contributed by atoms with Crippen LogP contribution in [0.25, 0.3) is 0 Å². The van der Waals surface area contributed by atoms with Crippen LogP contribution in [-0.4, -0.2) is 34.4 Å². The van der Waals surface area contributed by atoms with E-state index in [0.29, 0.717) is 18.3 Å². The maximum atomic E-state index is 9.76. The molecule has 1 N–H and O–H groups in total. The van der Waals surface area contributed by atoms with Crippen molar-refractivity contribution in [3.8, 4) is 0 Å². The summed E-state index contributed by atoms with van der Waals surface area (Å²) in [5.74, 6) is 1.13. The molecule has 17 heavy (non-hydrogen) atoms. The minimum absolute atomic E-state index is 0.0916. The molecule has 0 aliphatic carbocycles. The first kappa shape index (κ1) is 12.4. The second-order valence-corrected chi connectivity index (χ2v) is 4.74. The van der Waals surface area contributed by atoms with Crippen LogP contribution in [-0.2, 0) is 0 Å². The first-order valence-electron chi connectivity index (χ1n) is 6.49. The quantitative estimate of drug-likeness (QED) is 0.870. The van der Waals surface area contributed by atoms with Gasteiger partial charge in [-0.1, -0.05) is 13.8 Å². The number of nitrogens with zero attached hydrogens (tertiary/aromatic N) is 3. The van der Waals surface area contributed by atoms with Gasteiger partial charge in [-0.2, -0.15) is 4.98 Å². The third-order valence-electron chi connectivity index (χ3n) is 3.45. The van der Waals surface area contributed by atoms with Gasteiger partial charge in [0.2, 0.25) is 5.89 Å². The maximum absolute atomic E-state index is 9.76. The summed E-state index contributed by atoms with van der Waals surface area (Å²) >= 11 is 0. The van der Waals surface area contributed by atoms with Crippen LogP contribution in [0.1, 0.15) is 51.3 Å². The van der Waals surface area contributed by atoms with Gasteiger partial charge in [0.15, 0.2) is 0 Å². The molecule has 1 aliphatic rings. The molecule has 1 aromatic rings. The maximum Gasteiger partial charge on any atom is 0.266 e. The zero-order valence-electron chi connectivity index (χ0n) is 10.6. The minimum Gasteiger partial charge on any atom is -0.392 e. The van der Waals surface area contributed by atoms with Crippen LogP contribution >= 0.6 is 0 Å². The van der Waals surface area contributed by atoms with Crippen LogP contribution in [0, 0.1) is 0 Å². The summed E-state index contributed by atoms with van der Waals surface area (Å²) in [5.41, 5.74) is 0. The Labute approximate surface area is 102 Å². The van der Waals surface area contributed by atoms with E-state index >= 15 is 0 Å². The molecule has 2 heterocycles. The van der Waals surface area contributed by atoms with Gasteiger partial charge in [-0.05, 0) is 30.8 Å². The Kier molecular flexibility index (Phi) is 3.99. The Hall–Kier alpha value is -1.10. The molecule has 0 amide bonds. The summed E-state index contributed by atoms with van der Waals surface area (Å²) < 4.78 is 5.24. The molecule has 1 aliphatic heterocycles. The Balaban J connectivity index is 2.04. The highest BCUT2D eigenvalue weighted by molar-refractivity contribution is 5.28. The zero-order valence-corrected chi connectivity index (χ0v) is 10.6. The molecule has 0 radical (unpaired) electrons. The molecule has 0 saturated carbocycles. The highest BCUT2D eigenvalue weighted by Crippen LogP contribution is 2.23. The van der Waals surface area contributed by atoms with Crippen LogP contribution in [0.3, 0.4) is 0 Å². The van der Waals surface area contributed by atoms with E-state index < -0.39 is 6.10 Å². The van der Waals surface area contributed by atoms with Crippen molar-refractivity contribution in [3.63, 3.8) is 0 Å². The number of aliphatic hydroxyl groups is 1. The van der Waals surface area contributed by atoms with Gasteiger partial charge in [-0.25, -0.2) is 0 Å². The van der Waals surface area contributed by atoms with Crippen molar-refractivity contribution in [1.82, 2.24) is 10.1 Å². The number of anilines is 1. The first-order chi connectivity index (χ1) is 8.22. The summed E-state index contributed by atoms with van der Waals surface area (Å²) in [6.07, 6.45) is 3.95. The summed E-state index contributed by atoms with van der Waals surface area (Å²) in [7, 11) is 0. The molecule has 2 rings (SSSR count). The van der Waals surface area contributed by atoms with Gasteiger partial charge >= 0.3 is 0 Å². The molecular formula is C12H21N3O2. The van der Waals surface area contributed by atoms with Crippen molar-refractivity contribution in [3.05, 3.63) is 5.89 Å². The zero-order chi connectivity index (χ0) is 12.3. The first-order valence-corrected chi connectivity index (χ1v) is 6.49. The van der Waals surface area contributed by atoms with Crippen LogP contribution in [0.2, 0.25) is 0 Å². The molecule has 0 bridgehead atoms. The molecule has 5 nitrogen and oxygen atoms in total. The van der Waals surface area contributed by atoms with Crippen LogP contribution in [0.5, 0.6) is 0 Å². The van der Waals surface area contributed by atoms with E-state index in [1.807, 2.05) is 13.8 Å². The van der Waals surface area contributed by atoms with E-state index in [0.717, 1.165) is 13.1 Å². The second-order valence-electron chi connectivity index (χ2n) is 4.74. The van der Waals surface area contributed by atoms with Crippen molar-refractivity contribution in [2.45, 2.75) is 51.6 Å². The van der Waals surface area contributed by atoms with Gasteiger partial charge in [0.05, 0.1) is 12.0 Å². The normalized spacial score (nSPS) is 20.3. The lowest BCUT2D eigenvalue weighted by atomic mass is 10.0. The summed E-state index contributed by atoms with van der Waals surface area (Å²) in [4.78, 5) is 6.55. The number of piperidine rings is 1. The highest BCUT2D eigenvalue weighted by atomic mass is 16.5. The predicted molar refractivity (Wildman–Crippen MR) is 65.1 cm³/mol. The van der Waals surface area contributed by atoms with Gasteiger partial charge in [0.1, 0.15) is 0 Å². The van der Waals surface area contributed by atoms with E-state index in [4.69, 9.17) is 4.52 Å². The van der Waals surface area contributed by atoms with Crippen LogP contribution in [0.15, 0.2) is 4.52 Å². The third kappa shape index (κ3) is 2.77. The molecule has 2 atom stereocenters. The van der Waals surface area contributed by atoms with E-state index in [9.17, 15) is 5.11 Å². The van der Waals surface area contributed by atoms with E-state index in [1.165, 1.54) is 19.3 Å². The average Bonchev–Trinajstić information content (AvgIpc) is 2.87. The standard InChI is InChI=1S/C12H21N3O2/c1-3-10(16)9(2)11-13-12(14-17-11)15-7-5-4-6-8-15/h9-10,16H,3-8H2,1-2H3. The molecular weight excluding hydrogens is 218 g/mol. The lowest BCUT2D eigenvalue weighted by Crippen LogP contribution is -2.30. The SMILES string of the molecule is CCC(O)C(C)c1nc(N2CCCCC2)no1. The van der Waals surface area contributed by atoms with Crippen molar-refractivity contribution in [2.24, 2.45) is 0 Å². The monoisotopic (exact) mass is 239 g/mol. The van der Waals surface area contributed by atoms with E-state index in [1.54, 1.807) is 0 Å². The van der Waals surface area contributed by atoms with E-state index in [-0.39, 0.29) is 5.92 Å². The Morgan fingerprint density at radius 2 is 2.06 bits per heavy atom. The summed E-state index contributed by atoms with van der Waals surface area (Å²) in [6.45, 7) is 5.87. The van der Waals surface area contributed by atoms with Gasteiger partial charge in [0.25, 0.3) is 5.95 Å². The second kappa shape index (κ2) is 5.49. The summed E-state index contributed by atoms with van der Waals surface area (Å²) in [5, 5.41) is 13.8. The molecule has 1 aromatic heterocycles. The Bertz CT molecular complexity index is 331. The molecule has 2 unspecified atom stereocenters. The topological polar surface area (TPSA) is 62.4 Å². The van der Waals surface area contributed by atoms with Gasteiger partial charge in [0, 0.05) is 13.1 Å². The van der Waals surface area contributed by atoms with Crippen molar-refractivity contribution >= 4 is 5.95 Å². The lowest BCUT2D eigenvalue weighted by molar-refractivity contribution is 0.129. The van der Waals surface area contributed by atoms with Crippen LogP contribution < -0.4 is 4.90 Å². The molecule has 0 aromatic carbocycles. The lowest BCUT2D eigenvalue weighted by Gasteiger charge is -2.24. The molecule has 96 valence electrons. The van der Waals surface area contributed by atoms with Crippen molar-refractivity contribution in [2.75, 3.05) is 18.0 Å². The van der Waals surface area contributed by atoms with Gasteiger partial charge < -0.3 is 14.5 Å². The summed E-state index contributed by atoms with van der Waals surface area (Å²) in [6, 6.07) is 0. The van der Waals surface area contributed by atoms with Gasteiger partial charge in [-0.15, -0.1) is 0 Å². The fourth-order valence-corrected chi connectivity index (χ4v) is 2.15. The number of hydrogen-bond acceptors (Lipinski definition) is 5. The smallest absolute Gasteiger partial charge is 0.266 e. The average molecular weight is 239 g/mol. The fraction of sp³-hybridized carbons (Fsp3) is 0.833. The molecule has 0 spiro atoms. The molecule has 1 saturated heterocycles. The number of rotatable bonds is 4. The Morgan fingerprint density at radius 1 is 1.35 bits per heavy atom. The Morgan fingerprint density at radius 3 is 2.71 bits per heavy atom. The van der Waals surface area contributed by atoms with E-state index in [2.05, 4.69) is 15.0 Å². The van der Waals surface area contributed by atoms with Gasteiger partial charge in [-0.3, -0.25) is 0 Å². The number of hydrogen-bond donors (Lipinski definition) is 1. The number of aromatic nitrogens is 2. The van der Waals surface area contributed by atoms with Crippen LogP contribution in [0.4, 0.5) is 5.95 Å². The molecule has 1 fully saturated rings. The number of aliphatic hydroxyl groups excluding tert-OH is 1. The largest absolute Gasteiger partial charge is 0.392 e. The minimum atomic E-state index is -0.412. The fourth-order valence-electron chi connectivity index (χ4n) is 2.15. The highest BCUT2D eigenvalue weighted by Gasteiger charge is 2.23. The predicted octanol–water partition coefficient (Wildman–Crippen LogP) is 1.93. The third-order valence-corrected chi connectivity index (χ3v) is 3.45. The van der Waals surface area contributed by atoms with Crippen molar-refractivity contribution in [1.29, 1.82) is 0 Å². The van der Waals surface area contributed by atoms with Crippen molar-refractivity contribution < 1.29 is 9.63 Å². The molecule has 5 heteroatoms.